The van der Waals surface area contributed by atoms with E-state index in [0.717, 1.165) is 28.2 Å². The van der Waals surface area contributed by atoms with Gasteiger partial charge in [0.25, 0.3) is 5.91 Å². The maximum absolute atomic E-state index is 12.9. The van der Waals surface area contributed by atoms with Crippen LogP contribution in [0.5, 0.6) is 0 Å². The van der Waals surface area contributed by atoms with Crippen molar-refractivity contribution < 1.29 is 9.90 Å². The van der Waals surface area contributed by atoms with Gasteiger partial charge in [0.1, 0.15) is 0 Å². The van der Waals surface area contributed by atoms with Gasteiger partial charge >= 0.3 is 0 Å². The molecule has 2 aliphatic rings. The summed E-state index contributed by atoms with van der Waals surface area (Å²) in [5, 5.41) is 18.2. The minimum atomic E-state index is -0.950. The van der Waals surface area contributed by atoms with Crippen molar-refractivity contribution in [2.24, 2.45) is 4.99 Å². The van der Waals surface area contributed by atoms with Gasteiger partial charge in [-0.1, -0.05) is 52.4 Å². The van der Waals surface area contributed by atoms with Crippen LogP contribution in [0.15, 0.2) is 39.0 Å². The number of carbonyl (C=O) groups is 1. The molecular weight excluding hydrogens is 436 g/mol. The summed E-state index contributed by atoms with van der Waals surface area (Å²) in [5.41, 5.74) is 4.59. The lowest BCUT2D eigenvalue weighted by Crippen LogP contribution is -2.26. The van der Waals surface area contributed by atoms with Gasteiger partial charge in [0.05, 0.1) is 22.2 Å². The van der Waals surface area contributed by atoms with Crippen LogP contribution in [-0.4, -0.2) is 23.0 Å². The van der Waals surface area contributed by atoms with E-state index in [2.05, 4.69) is 47.0 Å². The largest absolute Gasteiger partial charge is 0.368 e. The molecule has 2 aromatic rings. The summed E-state index contributed by atoms with van der Waals surface area (Å²) < 4.78 is 0. The van der Waals surface area contributed by atoms with Crippen molar-refractivity contribution >= 4 is 34.3 Å². The lowest BCUT2D eigenvalue weighted by molar-refractivity contribution is -0.116. The molecule has 1 amide bonds. The van der Waals surface area contributed by atoms with E-state index >= 15 is 0 Å². The predicted molar refractivity (Wildman–Crippen MR) is 135 cm³/mol. The highest BCUT2D eigenvalue weighted by Crippen LogP contribution is 2.41. The monoisotopic (exact) mass is 470 g/mol. The molecule has 32 heavy (non-hydrogen) atoms. The first-order valence-corrected chi connectivity index (χ1v) is 13.8. The van der Waals surface area contributed by atoms with Crippen LogP contribution in [0.4, 0.5) is 0 Å². The molecule has 0 spiro atoms. The average molecular weight is 471 g/mol. The number of carbonyl (C=O) groups excluding carboxylic acids is 1. The number of aliphatic imine (C=N–C) groups is 1. The topological polar surface area (TPSA) is 61.7 Å². The molecule has 0 bridgehead atoms. The molecule has 2 atom stereocenters. The van der Waals surface area contributed by atoms with E-state index in [1.807, 2.05) is 0 Å². The summed E-state index contributed by atoms with van der Waals surface area (Å²) in [5.74, 6) is -0.115. The Morgan fingerprint density at radius 2 is 1.59 bits per heavy atom. The van der Waals surface area contributed by atoms with E-state index in [0.29, 0.717) is 11.3 Å². The number of aliphatic hydroxyl groups excluding tert-OH is 1. The number of nitrogens with one attached hydrogen (secondary N) is 1. The molecule has 4 nitrogen and oxygen atoms in total. The van der Waals surface area contributed by atoms with Crippen LogP contribution < -0.4 is 5.32 Å². The molecule has 4 rings (SSSR count). The average Bonchev–Trinajstić information content (AvgIpc) is 3.55. The maximum atomic E-state index is 12.9. The van der Waals surface area contributed by atoms with Crippen molar-refractivity contribution in [1.82, 2.24) is 5.32 Å². The summed E-state index contributed by atoms with van der Waals surface area (Å²) in [4.78, 5) is 19.5. The molecule has 0 saturated heterocycles. The molecule has 2 N–H and O–H groups in total. The van der Waals surface area contributed by atoms with Gasteiger partial charge in [0.15, 0.2) is 6.23 Å². The van der Waals surface area contributed by atoms with Gasteiger partial charge in [-0.05, 0) is 59.7 Å². The summed E-state index contributed by atoms with van der Waals surface area (Å²) in [7, 11) is 0. The molecule has 2 unspecified atom stereocenters. The number of amides is 1. The van der Waals surface area contributed by atoms with Gasteiger partial charge in [0, 0.05) is 10.5 Å². The van der Waals surface area contributed by atoms with Crippen molar-refractivity contribution in [2.45, 2.75) is 90.3 Å². The van der Waals surface area contributed by atoms with Crippen molar-refractivity contribution in [3.05, 3.63) is 54.9 Å². The Hall–Kier alpha value is -1.76. The lowest BCUT2D eigenvalue weighted by atomic mass is 10.0. The number of aliphatic hydroxyl groups is 1. The molecule has 0 aliphatic carbocycles. The van der Waals surface area contributed by atoms with Crippen molar-refractivity contribution in [2.75, 3.05) is 0 Å². The van der Waals surface area contributed by atoms with Gasteiger partial charge in [-0.25, -0.2) is 4.99 Å². The van der Waals surface area contributed by atoms with E-state index in [9.17, 15) is 9.90 Å². The minimum Gasteiger partial charge on any atom is -0.368 e. The third kappa shape index (κ3) is 5.08. The Bertz CT molecular complexity index is 1000. The number of hydrogen-bond acceptors (Lipinski definition) is 5. The van der Waals surface area contributed by atoms with E-state index < -0.39 is 6.23 Å². The van der Waals surface area contributed by atoms with Crippen LogP contribution in [0.2, 0.25) is 0 Å². The predicted octanol–water partition coefficient (Wildman–Crippen LogP) is 6.34. The van der Waals surface area contributed by atoms with Crippen LogP contribution in [0.25, 0.3) is 0 Å². The normalized spacial score (nSPS) is 20.1. The third-order valence-electron chi connectivity index (χ3n) is 6.35. The van der Waals surface area contributed by atoms with Gasteiger partial charge in [-0.15, -0.1) is 22.7 Å². The molecule has 2 aromatic heterocycles. The smallest absolute Gasteiger partial charge is 0.254 e. The Balaban J connectivity index is 1.47. The van der Waals surface area contributed by atoms with Crippen LogP contribution in [-0.2, 0) is 17.6 Å². The highest BCUT2D eigenvalue weighted by molar-refractivity contribution is 7.12. The lowest BCUT2D eigenvalue weighted by Gasteiger charge is -2.14. The quantitative estimate of drug-likeness (QED) is 0.355. The van der Waals surface area contributed by atoms with E-state index in [1.54, 1.807) is 22.7 Å². The van der Waals surface area contributed by atoms with Crippen LogP contribution >= 0.6 is 22.7 Å². The minimum absolute atomic E-state index is 0.115. The zero-order valence-electron chi connectivity index (χ0n) is 19.2. The highest BCUT2D eigenvalue weighted by atomic mass is 32.1. The van der Waals surface area contributed by atoms with Crippen molar-refractivity contribution in [3.63, 3.8) is 0 Å². The first-order chi connectivity index (χ1) is 15.6. The van der Waals surface area contributed by atoms with Gasteiger partial charge in [-0.3, -0.25) is 4.79 Å². The third-order valence-corrected chi connectivity index (χ3v) is 8.38. The fourth-order valence-electron chi connectivity index (χ4n) is 4.57. The number of thiophene rings is 2. The SMILES string of the molecule is CCCCCCc1csc(C2=NC(O)C3=C2C(=O)NC3c2cc(CCCCCC)cs2)c1. The molecule has 6 heteroatoms. The second-order valence-corrected chi connectivity index (χ2v) is 10.7. The standard InChI is InChI=1S/C26H34N2O2S2/c1-3-5-7-9-11-17-13-19(31-15-17)23-21-22(26(30)27-23)24(28-25(21)29)20-14-18(16-32-20)12-10-8-6-4-2/h13-16,23,25,29H,3-12H2,1-2H3,(H,27,30). The number of nitrogens with zero attached hydrogens (tertiary/aromatic N) is 1. The first kappa shape index (κ1) is 23.4. The fraction of sp³-hybridized carbons (Fsp3) is 0.538. The van der Waals surface area contributed by atoms with E-state index in [-0.39, 0.29) is 11.9 Å². The fourth-order valence-corrected chi connectivity index (χ4v) is 6.53. The number of unbranched alkanes of at least 4 members (excludes halogenated alkanes) is 6. The Morgan fingerprint density at radius 3 is 2.28 bits per heavy atom. The maximum Gasteiger partial charge on any atom is 0.254 e. The zero-order chi connectivity index (χ0) is 22.5. The Labute approximate surface area is 199 Å². The van der Waals surface area contributed by atoms with Gasteiger partial charge in [0.2, 0.25) is 0 Å². The summed E-state index contributed by atoms with van der Waals surface area (Å²) >= 11 is 3.29. The van der Waals surface area contributed by atoms with E-state index in [1.165, 1.54) is 62.5 Å². The number of rotatable bonds is 12. The Kier molecular flexibility index (Phi) is 7.98. The highest BCUT2D eigenvalue weighted by Gasteiger charge is 2.43. The Morgan fingerprint density at radius 1 is 0.938 bits per heavy atom. The first-order valence-electron chi connectivity index (χ1n) is 12.1. The van der Waals surface area contributed by atoms with Crippen molar-refractivity contribution in [1.29, 1.82) is 0 Å². The summed E-state index contributed by atoms with van der Waals surface area (Å²) in [6, 6.07) is 4.08. The molecular formula is C26H34N2O2S2. The second-order valence-electron chi connectivity index (χ2n) is 8.89. The molecule has 4 heterocycles. The molecule has 0 radical (unpaired) electrons. The molecule has 0 aromatic carbocycles. The summed E-state index contributed by atoms with van der Waals surface area (Å²) in [6.45, 7) is 4.45. The van der Waals surface area contributed by atoms with E-state index in [4.69, 9.17) is 0 Å². The molecule has 0 saturated carbocycles. The molecule has 2 aliphatic heterocycles. The van der Waals surface area contributed by atoms with Crippen LogP contribution in [0.1, 0.15) is 92.1 Å². The van der Waals surface area contributed by atoms with Gasteiger partial charge in [-0.2, -0.15) is 0 Å². The zero-order valence-corrected chi connectivity index (χ0v) is 20.8. The van der Waals surface area contributed by atoms with Crippen LogP contribution in [0, 0.1) is 0 Å². The number of hydrogen-bond donors (Lipinski definition) is 2. The number of aryl methyl sites for hydroxylation is 2. The second kappa shape index (κ2) is 10.9. The van der Waals surface area contributed by atoms with Gasteiger partial charge < -0.3 is 10.4 Å². The molecule has 0 fully saturated rings. The molecule has 172 valence electrons. The van der Waals surface area contributed by atoms with Crippen molar-refractivity contribution in [3.8, 4) is 0 Å². The van der Waals surface area contributed by atoms with Crippen LogP contribution in [0.3, 0.4) is 0 Å². The summed E-state index contributed by atoms with van der Waals surface area (Å²) in [6.07, 6.45) is 11.1.